The predicted molar refractivity (Wildman–Crippen MR) is 82.0 cm³/mol. The minimum atomic E-state index is -0.577. The zero-order valence-corrected chi connectivity index (χ0v) is 12.7. The Hall–Kier alpha value is -3.36. The lowest BCUT2D eigenvalue weighted by Crippen LogP contribution is -2.26. The summed E-state index contributed by atoms with van der Waals surface area (Å²) in [5.74, 6) is -0.901. The summed E-state index contributed by atoms with van der Waals surface area (Å²) < 4.78 is 18.7. The molecule has 0 atom stereocenters. The number of aromatic nitrogens is 4. The van der Waals surface area contributed by atoms with E-state index in [1.807, 2.05) is 0 Å². The molecule has 0 spiro atoms. The van der Waals surface area contributed by atoms with Crippen molar-refractivity contribution < 1.29 is 13.6 Å². The van der Waals surface area contributed by atoms with Gasteiger partial charge >= 0.3 is 0 Å². The highest BCUT2D eigenvalue weighted by Gasteiger charge is 2.19. The Kier molecular flexibility index (Phi) is 4.15. The van der Waals surface area contributed by atoms with E-state index in [0.29, 0.717) is 11.4 Å². The van der Waals surface area contributed by atoms with E-state index in [0.717, 1.165) is 0 Å². The number of rotatable bonds is 4. The van der Waals surface area contributed by atoms with Gasteiger partial charge in [-0.05, 0) is 19.1 Å². The van der Waals surface area contributed by atoms with Gasteiger partial charge in [0, 0.05) is 6.20 Å². The summed E-state index contributed by atoms with van der Waals surface area (Å²) in [6, 6.07) is 2.73. The van der Waals surface area contributed by atoms with Gasteiger partial charge in [0.15, 0.2) is 11.5 Å². The average Bonchev–Trinajstić information content (AvgIpc) is 3.10. The fourth-order valence-electron chi connectivity index (χ4n) is 2.04. The van der Waals surface area contributed by atoms with Crippen molar-refractivity contribution in [1.82, 2.24) is 25.3 Å². The second-order valence-electron chi connectivity index (χ2n) is 4.84. The lowest BCUT2D eigenvalue weighted by Gasteiger charge is -2.09. The Morgan fingerprint density at radius 1 is 1.33 bits per heavy atom. The molecule has 3 rings (SSSR count). The fraction of sp³-hybridized carbons (Fsp3) is 0.133. The number of oxazole rings is 1. The molecule has 0 fully saturated rings. The summed E-state index contributed by atoms with van der Waals surface area (Å²) in [4.78, 5) is 28.3. The maximum Gasteiger partial charge on any atom is 0.274 e. The number of hydrogen-bond acceptors (Lipinski definition) is 7. The lowest BCUT2D eigenvalue weighted by atomic mass is 10.2. The molecular weight excluding hydrogens is 315 g/mol. The topological polar surface area (TPSA) is 120 Å². The van der Waals surface area contributed by atoms with Gasteiger partial charge in [0.05, 0.1) is 24.1 Å². The minimum Gasteiger partial charge on any atom is -0.443 e. The quantitative estimate of drug-likeness (QED) is 0.744. The summed E-state index contributed by atoms with van der Waals surface area (Å²) >= 11 is 0. The van der Waals surface area contributed by atoms with E-state index in [2.05, 4.69) is 25.3 Å². The van der Waals surface area contributed by atoms with Crippen LogP contribution in [0.4, 0.5) is 10.2 Å². The molecule has 0 unspecified atom stereocenters. The number of nitrogen functional groups attached to an aromatic ring is 1. The van der Waals surface area contributed by atoms with Gasteiger partial charge in [-0.1, -0.05) is 0 Å². The molecule has 0 aliphatic carbocycles. The van der Waals surface area contributed by atoms with E-state index in [1.165, 1.54) is 30.8 Å². The lowest BCUT2D eigenvalue weighted by molar-refractivity contribution is 0.0945. The normalized spacial score (nSPS) is 10.6. The molecule has 122 valence electrons. The molecule has 0 aromatic carbocycles. The smallest absolute Gasteiger partial charge is 0.274 e. The molecule has 0 aliphatic heterocycles. The number of carbonyl (C=O) groups excluding carboxylic acids is 1. The number of carbonyl (C=O) groups is 1. The number of pyridine rings is 1. The van der Waals surface area contributed by atoms with Crippen LogP contribution in [0.2, 0.25) is 0 Å². The van der Waals surface area contributed by atoms with Crippen molar-refractivity contribution in [2.75, 3.05) is 5.73 Å². The maximum atomic E-state index is 13.5. The summed E-state index contributed by atoms with van der Waals surface area (Å²) in [7, 11) is 0. The number of nitrogens with one attached hydrogen (secondary N) is 1. The van der Waals surface area contributed by atoms with Crippen LogP contribution in [-0.4, -0.2) is 25.8 Å². The number of anilines is 1. The summed E-state index contributed by atoms with van der Waals surface area (Å²) in [5.41, 5.74) is 6.65. The van der Waals surface area contributed by atoms with Crippen molar-refractivity contribution >= 4 is 11.7 Å². The van der Waals surface area contributed by atoms with E-state index in [-0.39, 0.29) is 29.6 Å². The van der Waals surface area contributed by atoms with Crippen LogP contribution in [0.3, 0.4) is 0 Å². The van der Waals surface area contributed by atoms with E-state index >= 15 is 0 Å². The zero-order chi connectivity index (χ0) is 17.1. The summed E-state index contributed by atoms with van der Waals surface area (Å²) in [6.45, 7) is 1.56. The van der Waals surface area contributed by atoms with E-state index in [1.54, 1.807) is 6.92 Å². The third kappa shape index (κ3) is 3.05. The molecule has 24 heavy (non-hydrogen) atoms. The third-order valence-electron chi connectivity index (χ3n) is 3.20. The number of hydrogen-bond donors (Lipinski definition) is 2. The molecule has 8 nitrogen and oxygen atoms in total. The molecule has 0 radical (unpaired) electrons. The van der Waals surface area contributed by atoms with Crippen molar-refractivity contribution in [3.63, 3.8) is 0 Å². The SMILES string of the molecule is Cc1nc(C(=O)NCc2ncccc2F)c(N)nc1-c1ncco1. The largest absolute Gasteiger partial charge is 0.443 e. The van der Waals surface area contributed by atoms with Gasteiger partial charge in [0.25, 0.3) is 5.91 Å². The zero-order valence-electron chi connectivity index (χ0n) is 12.7. The second kappa shape index (κ2) is 6.41. The molecule has 3 N–H and O–H groups in total. The first kappa shape index (κ1) is 15.5. The molecule has 9 heteroatoms. The Balaban J connectivity index is 1.80. The first-order valence-corrected chi connectivity index (χ1v) is 6.98. The number of halogens is 1. The van der Waals surface area contributed by atoms with Gasteiger partial charge in [-0.25, -0.2) is 19.3 Å². The molecule has 3 aromatic heterocycles. The standard InChI is InChI=1S/C15H13FN6O2/c1-8-11(15-19-5-6-24-15)22-13(17)12(21-8)14(23)20-7-10-9(16)3-2-4-18-10/h2-6H,7H2,1H3,(H2,17,22)(H,20,23). The monoisotopic (exact) mass is 328 g/mol. The first-order chi connectivity index (χ1) is 11.6. The van der Waals surface area contributed by atoms with Crippen LogP contribution in [0.15, 0.2) is 35.2 Å². The molecule has 1 amide bonds. The fourth-order valence-corrected chi connectivity index (χ4v) is 2.04. The number of aryl methyl sites for hydroxylation is 1. The highest BCUT2D eigenvalue weighted by molar-refractivity contribution is 5.96. The molecule has 3 heterocycles. The highest BCUT2D eigenvalue weighted by Crippen LogP contribution is 2.20. The van der Waals surface area contributed by atoms with Crippen LogP contribution in [0.25, 0.3) is 11.6 Å². The van der Waals surface area contributed by atoms with Crippen LogP contribution >= 0.6 is 0 Å². The Morgan fingerprint density at radius 2 is 2.17 bits per heavy atom. The van der Waals surface area contributed by atoms with Crippen molar-refractivity contribution in [2.24, 2.45) is 0 Å². The average molecular weight is 328 g/mol. The minimum absolute atomic E-state index is 0.0563. The van der Waals surface area contributed by atoms with Crippen LogP contribution < -0.4 is 11.1 Å². The van der Waals surface area contributed by atoms with Gasteiger partial charge in [0.1, 0.15) is 17.8 Å². The molecule has 0 aliphatic rings. The van der Waals surface area contributed by atoms with E-state index in [9.17, 15) is 9.18 Å². The van der Waals surface area contributed by atoms with Crippen molar-refractivity contribution in [2.45, 2.75) is 13.5 Å². The van der Waals surface area contributed by atoms with Crippen LogP contribution in [0.5, 0.6) is 0 Å². The Morgan fingerprint density at radius 3 is 2.88 bits per heavy atom. The molecular formula is C15H13FN6O2. The van der Waals surface area contributed by atoms with Gasteiger partial charge in [-0.2, -0.15) is 0 Å². The molecule has 0 saturated heterocycles. The summed E-state index contributed by atoms with van der Waals surface area (Å²) in [5, 5.41) is 2.52. The molecule has 0 saturated carbocycles. The Bertz CT molecular complexity index is 882. The van der Waals surface area contributed by atoms with Gasteiger partial charge in [-0.3, -0.25) is 9.78 Å². The summed E-state index contributed by atoms with van der Waals surface area (Å²) in [6.07, 6.45) is 4.30. The number of nitrogens with two attached hydrogens (primary N) is 1. The number of amides is 1. The second-order valence-corrected chi connectivity index (χ2v) is 4.84. The van der Waals surface area contributed by atoms with Crippen LogP contribution in [-0.2, 0) is 6.54 Å². The van der Waals surface area contributed by atoms with E-state index < -0.39 is 11.7 Å². The Labute approximate surface area is 136 Å². The van der Waals surface area contributed by atoms with Crippen LogP contribution in [0.1, 0.15) is 21.9 Å². The predicted octanol–water partition coefficient (Wildman–Crippen LogP) is 1.49. The van der Waals surface area contributed by atoms with Crippen molar-refractivity contribution in [3.8, 4) is 11.6 Å². The van der Waals surface area contributed by atoms with Gasteiger partial charge in [-0.15, -0.1) is 0 Å². The van der Waals surface area contributed by atoms with E-state index in [4.69, 9.17) is 10.2 Å². The first-order valence-electron chi connectivity index (χ1n) is 6.98. The third-order valence-corrected chi connectivity index (χ3v) is 3.20. The maximum absolute atomic E-state index is 13.5. The number of nitrogens with zero attached hydrogens (tertiary/aromatic N) is 4. The molecule has 0 bridgehead atoms. The van der Waals surface area contributed by atoms with Crippen molar-refractivity contribution in [3.05, 3.63) is 53.7 Å². The highest BCUT2D eigenvalue weighted by atomic mass is 19.1. The van der Waals surface area contributed by atoms with Gasteiger partial charge < -0.3 is 15.5 Å². The van der Waals surface area contributed by atoms with Gasteiger partial charge in [0.2, 0.25) is 5.89 Å². The van der Waals surface area contributed by atoms with Crippen LogP contribution in [0, 0.1) is 12.7 Å². The van der Waals surface area contributed by atoms with Crippen molar-refractivity contribution in [1.29, 1.82) is 0 Å². The molecule has 3 aromatic rings.